The molecular weight excluding hydrogens is 204 g/mol. The SMILES string of the molecule is C=CC(=CC)CC(C)CC(C=CCC)CCC. The van der Waals surface area contributed by atoms with E-state index < -0.39 is 0 Å². The van der Waals surface area contributed by atoms with Gasteiger partial charge in [0.1, 0.15) is 0 Å². The van der Waals surface area contributed by atoms with Gasteiger partial charge in [-0.25, -0.2) is 0 Å². The molecule has 0 N–H and O–H groups in total. The van der Waals surface area contributed by atoms with E-state index in [0.29, 0.717) is 0 Å². The van der Waals surface area contributed by atoms with Crippen molar-refractivity contribution >= 4 is 0 Å². The highest BCUT2D eigenvalue weighted by molar-refractivity contribution is 5.15. The molecule has 0 heterocycles. The smallest absolute Gasteiger partial charge is 0.0231 e. The molecule has 0 nitrogen and oxygen atoms in total. The highest BCUT2D eigenvalue weighted by Crippen LogP contribution is 2.24. The Morgan fingerprint density at radius 1 is 1.29 bits per heavy atom. The van der Waals surface area contributed by atoms with Crippen LogP contribution in [0.1, 0.15) is 59.8 Å². The van der Waals surface area contributed by atoms with Crippen molar-refractivity contribution in [3.63, 3.8) is 0 Å². The molecule has 0 aromatic carbocycles. The summed E-state index contributed by atoms with van der Waals surface area (Å²) in [4.78, 5) is 0. The molecule has 0 aliphatic heterocycles. The molecular formula is C17H30. The van der Waals surface area contributed by atoms with Gasteiger partial charge in [-0.1, -0.05) is 63.6 Å². The number of allylic oxidation sites excluding steroid dienone is 5. The van der Waals surface area contributed by atoms with Crippen molar-refractivity contribution in [3.05, 3.63) is 36.5 Å². The summed E-state index contributed by atoms with van der Waals surface area (Å²) in [7, 11) is 0. The molecule has 0 aromatic heterocycles. The normalized spacial score (nSPS) is 16.1. The van der Waals surface area contributed by atoms with Crippen LogP contribution >= 0.6 is 0 Å². The van der Waals surface area contributed by atoms with Gasteiger partial charge < -0.3 is 0 Å². The van der Waals surface area contributed by atoms with Gasteiger partial charge in [0.25, 0.3) is 0 Å². The van der Waals surface area contributed by atoms with Crippen molar-refractivity contribution in [2.24, 2.45) is 11.8 Å². The van der Waals surface area contributed by atoms with Gasteiger partial charge in [-0.05, 0) is 44.4 Å². The third-order valence-corrected chi connectivity index (χ3v) is 3.23. The molecule has 2 unspecified atom stereocenters. The van der Waals surface area contributed by atoms with E-state index in [-0.39, 0.29) is 0 Å². The van der Waals surface area contributed by atoms with E-state index in [1.807, 2.05) is 6.08 Å². The van der Waals surface area contributed by atoms with Crippen LogP contribution in [0.15, 0.2) is 36.5 Å². The maximum atomic E-state index is 3.87. The van der Waals surface area contributed by atoms with Gasteiger partial charge >= 0.3 is 0 Å². The van der Waals surface area contributed by atoms with Gasteiger partial charge in [0, 0.05) is 0 Å². The van der Waals surface area contributed by atoms with Crippen LogP contribution < -0.4 is 0 Å². The molecule has 0 saturated heterocycles. The molecule has 0 bridgehead atoms. The molecule has 0 aliphatic rings. The summed E-state index contributed by atoms with van der Waals surface area (Å²) in [6.45, 7) is 12.8. The van der Waals surface area contributed by atoms with E-state index in [2.05, 4.69) is 52.5 Å². The highest BCUT2D eigenvalue weighted by Gasteiger charge is 2.10. The lowest BCUT2D eigenvalue weighted by Crippen LogP contribution is -2.05. The van der Waals surface area contributed by atoms with E-state index in [4.69, 9.17) is 0 Å². The molecule has 2 atom stereocenters. The van der Waals surface area contributed by atoms with Gasteiger partial charge in [-0.2, -0.15) is 0 Å². The maximum Gasteiger partial charge on any atom is -0.0231 e. The molecule has 0 heteroatoms. The Labute approximate surface area is 109 Å². The second kappa shape index (κ2) is 10.4. The van der Waals surface area contributed by atoms with Crippen molar-refractivity contribution in [2.45, 2.75) is 59.8 Å². The summed E-state index contributed by atoms with van der Waals surface area (Å²) >= 11 is 0. The zero-order valence-electron chi connectivity index (χ0n) is 12.2. The molecule has 0 saturated carbocycles. The van der Waals surface area contributed by atoms with Crippen molar-refractivity contribution in [1.82, 2.24) is 0 Å². The Morgan fingerprint density at radius 2 is 2.00 bits per heavy atom. The van der Waals surface area contributed by atoms with Gasteiger partial charge in [0.05, 0.1) is 0 Å². The first-order valence-corrected chi connectivity index (χ1v) is 7.12. The largest absolute Gasteiger partial charge is 0.0988 e. The van der Waals surface area contributed by atoms with E-state index in [1.165, 1.54) is 31.3 Å². The second-order valence-corrected chi connectivity index (χ2v) is 5.00. The third kappa shape index (κ3) is 8.01. The lowest BCUT2D eigenvalue weighted by molar-refractivity contribution is 0.422. The molecule has 0 amide bonds. The Morgan fingerprint density at radius 3 is 2.47 bits per heavy atom. The Hall–Kier alpha value is -0.780. The van der Waals surface area contributed by atoms with E-state index in [9.17, 15) is 0 Å². The van der Waals surface area contributed by atoms with Crippen molar-refractivity contribution in [2.75, 3.05) is 0 Å². The first-order chi connectivity index (χ1) is 8.17. The highest BCUT2D eigenvalue weighted by atomic mass is 14.2. The van der Waals surface area contributed by atoms with E-state index in [1.54, 1.807) is 0 Å². The second-order valence-electron chi connectivity index (χ2n) is 5.00. The fourth-order valence-electron chi connectivity index (χ4n) is 2.31. The Bertz CT molecular complexity index is 245. The van der Waals surface area contributed by atoms with Crippen LogP contribution in [0.3, 0.4) is 0 Å². The summed E-state index contributed by atoms with van der Waals surface area (Å²) in [5, 5.41) is 0. The van der Waals surface area contributed by atoms with Gasteiger partial charge in [-0.3, -0.25) is 0 Å². The van der Waals surface area contributed by atoms with Crippen molar-refractivity contribution in [1.29, 1.82) is 0 Å². The average Bonchev–Trinajstić information content (AvgIpc) is 2.33. The van der Waals surface area contributed by atoms with Crippen LogP contribution in [0.25, 0.3) is 0 Å². The quantitative estimate of drug-likeness (QED) is 0.343. The van der Waals surface area contributed by atoms with Gasteiger partial charge in [0.2, 0.25) is 0 Å². The molecule has 0 fully saturated rings. The van der Waals surface area contributed by atoms with Gasteiger partial charge in [-0.15, -0.1) is 0 Å². The molecule has 0 spiro atoms. The molecule has 98 valence electrons. The number of rotatable bonds is 9. The first-order valence-electron chi connectivity index (χ1n) is 7.12. The van der Waals surface area contributed by atoms with Crippen molar-refractivity contribution in [3.8, 4) is 0 Å². The zero-order valence-corrected chi connectivity index (χ0v) is 12.2. The topological polar surface area (TPSA) is 0 Å². The molecule has 0 aromatic rings. The van der Waals surface area contributed by atoms with Crippen LogP contribution in [0.5, 0.6) is 0 Å². The average molecular weight is 234 g/mol. The minimum absolute atomic E-state index is 0.747. The van der Waals surface area contributed by atoms with Crippen molar-refractivity contribution < 1.29 is 0 Å². The molecule has 0 radical (unpaired) electrons. The summed E-state index contributed by atoms with van der Waals surface area (Å²) in [6.07, 6.45) is 15.1. The summed E-state index contributed by atoms with van der Waals surface area (Å²) < 4.78 is 0. The van der Waals surface area contributed by atoms with Crippen LogP contribution in [-0.2, 0) is 0 Å². The van der Waals surface area contributed by atoms with E-state index >= 15 is 0 Å². The molecule has 17 heavy (non-hydrogen) atoms. The van der Waals surface area contributed by atoms with Crippen LogP contribution in [0.2, 0.25) is 0 Å². The minimum atomic E-state index is 0.747. The predicted molar refractivity (Wildman–Crippen MR) is 80.2 cm³/mol. The summed E-state index contributed by atoms with van der Waals surface area (Å²) in [5.74, 6) is 1.51. The fraction of sp³-hybridized carbons (Fsp3) is 0.647. The Kier molecular flexibility index (Phi) is 9.90. The maximum absolute atomic E-state index is 3.87. The number of hydrogen-bond acceptors (Lipinski definition) is 0. The predicted octanol–water partition coefficient (Wildman–Crippen LogP) is 5.92. The monoisotopic (exact) mass is 234 g/mol. The lowest BCUT2D eigenvalue weighted by Gasteiger charge is -2.18. The minimum Gasteiger partial charge on any atom is -0.0988 e. The number of hydrogen-bond donors (Lipinski definition) is 0. The summed E-state index contributed by atoms with van der Waals surface area (Å²) in [6, 6.07) is 0. The molecule has 0 rings (SSSR count). The molecule has 0 aliphatic carbocycles. The summed E-state index contributed by atoms with van der Waals surface area (Å²) in [5.41, 5.74) is 1.38. The fourth-order valence-corrected chi connectivity index (χ4v) is 2.31. The first kappa shape index (κ1) is 16.2. The van der Waals surface area contributed by atoms with Crippen LogP contribution in [0.4, 0.5) is 0 Å². The van der Waals surface area contributed by atoms with Crippen LogP contribution in [0, 0.1) is 11.8 Å². The van der Waals surface area contributed by atoms with E-state index in [0.717, 1.165) is 18.3 Å². The van der Waals surface area contributed by atoms with Crippen LogP contribution in [-0.4, -0.2) is 0 Å². The van der Waals surface area contributed by atoms with Gasteiger partial charge in [0.15, 0.2) is 0 Å². The lowest BCUT2D eigenvalue weighted by atomic mass is 9.88. The Balaban J connectivity index is 4.24. The standard InChI is InChI=1S/C17H30/c1-6-10-12-17(11-7-2)14-15(5)13-16(8-3)9-4/h8-10,12,15,17H,3,6-7,11,13-14H2,1-2,4-5H3. The zero-order chi connectivity index (χ0) is 13.1. The third-order valence-electron chi connectivity index (χ3n) is 3.23.